The van der Waals surface area contributed by atoms with Crippen LogP contribution in [-0.2, 0) is 11.0 Å². The van der Waals surface area contributed by atoms with Gasteiger partial charge in [0, 0.05) is 17.8 Å². The van der Waals surface area contributed by atoms with E-state index in [1.54, 1.807) is 13.0 Å². The molecule has 0 saturated heterocycles. The van der Waals surface area contributed by atoms with Crippen molar-refractivity contribution in [1.82, 2.24) is 9.38 Å². The Labute approximate surface area is 203 Å². The number of nitrogens with one attached hydrogen (secondary N) is 1. The number of amides is 1. The molecule has 0 unspecified atom stereocenters. The van der Waals surface area contributed by atoms with E-state index in [1.807, 2.05) is 0 Å². The van der Waals surface area contributed by atoms with E-state index in [1.165, 1.54) is 48.8 Å². The van der Waals surface area contributed by atoms with Gasteiger partial charge in [-0.1, -0.05) is 12.1 Å². The molecule has 0 bridgehead atoms. The van der Waals surface area contributed by atoms with Crippen LogP contribution in [0.15, 0.2) is 48.7 Å². The van der Waals surface area contributed by atoms with Gasteiger partial charge < -0.3 is 20.5 Å². The summed E-state index contributed by atoms with van der Waals surface area (Å²) in [6, 6.07) is 9.57. The van der Waals surface area contributed by atoms with Gasteiger partial charge in [0.05, 0.1) is 18.4 Å². The largest absolute Gasteiger partial charge is 0.497 e. The number of para-hydroxylation sites is 1. The zero-order valence-electron chi connectivity index (χ0n) is 19.5. The second-order valence-electron chi connectivity index (χ2n) is 8.08. The van der Waals surface area contributed by atoms with Gasteiger partial charge in [-0.3, -0.25) is 9.20 Å². The number of methoxy groups -OCH3 is 1. The van der Waals surface area contributed by atoms with Crippen molar-refractivity contribution in [3.8, 4) is 22.8 Å². The second kappa shape index (κ2) is 9.40. The van der Waals surface area contributed by atoms with Crippen LogP contribution >= 0.6 is 0 Å². The Bertz CT molecular complexity index is 1460. The fraction of sp³-hybridized carbons (Fsp3) is 0.200. The molecule has 0 aliphatic carbocycles. The molecule has 3 N–H and O–H groups in total. The molecule has 7 nitrogen and oxygen atoms in total. The number of alkyl halides is 3. The predicted molar refractivity (Wildman–Crippen MR) is 126 cm³/mol. The van der Waals surface area contributed by atoms with Crippen molar-refractivity contribution >= 4 is 23.1 Å². The Balaban J connectivity index is 2.00. The molecule has 0 saturated carbocycles. The lowest BCUT2D eigenvalue weighted by Gasteiger charge is -2.19. The van der Waals surface area contributed by atoms with Crippen LogP contribution in [0.5, 0.6) is 11.5 Å². The molecule has 0 radical (unpaired) electrons. The van der Waals surface area contributed by atoms with Crippen LogP contribution < -0.4 is 20.5 Å². The highest BCUT2D eigenvalue weighted by molar-refractivity contribution is 5.86. The zero-order valence-corrected chi connectivity index (χ0v) is 19.5. The summed E-state index contributed by atoms with van der Waals surface area (Å²) in [5, 5.41) is 2.85. The molecule has 188 valence electrons. The Morgan fingerprint density at radius 1 is 1.14 bits per heavy atom. The van der Waals surface area contributed by atoms with E-state index in [0.717, 1.165) is 12.3 Å². The van der Waals surface area contributed by atoms with Crippen LogP contribution in [0, 0.1) is 19.7 Å². The summed E-state index contributed by atoms with van der Waals surface area (Å²) in [4.78, 5) is 16.0. The summed E-state index contributed by atoms with van der Waals surface area (Å²) in [7, 11) is 1.45. The number of pyridine rings is 1. The zero-order chi connectivity index (χ0) is 26.2. The number of imidazole rings is 1. The molecule has 0 fully saturated rings. The number of ether oxygens (including phenoxy) is 2. The minimum absolute atomic E-state index is 0.0708. The van der Waals surface area contributed by atoms with Gasteiger partial charge in [0.25, 0.3) is 5.91 Å². The van der Waals surface area contributed by atoms with Crippen molar-refractivity contribution in [2.24, 2.45) is 5.73 Å². The number of hydrogen-bond donors (Lipinski definition) is 2. The average molecular weight is 502 g/mol. The molecule has 2 heterocycles. The van der Waals surface area contributed by atoms with Gasteiger partial charge in [0.15, 0.2) is 6.61 Å². The molecule has 0 aliphatic rings. The van der Waals surface area contributed by atoms with Crippen molar-refractivity contribution in [3.05, 3.63) is 71.2 Å². The molecule has 0 aliphatic heterocycles. The number of primary amides is 1. The quantitative estimate of drug-likeness (QED) is 0.331. The number of hydrogen-bond acceptors (Lipinski definition) is 5. The molecule has 4 rings (SSSR count). The molecule has 0 spiro atoms. The number of aromatic nitrogens is 2. The Morgan fingerprint density at radius 2 is 1.89 bits per heavy atom. The number of fused-ring (bicyclic) bond motifs is 1. The van der Waals surface area contributed by atoms with Crippen molar-refractivity contribution in [2.45, 2.75) is 20.0 Å². The summed E-state index contributed by atoms with van der Waals surface area (Å²) in [6.07, 6.45) is -3.53. The Hall–Kier alpha value is -4.28. The summed E-state index contributed by atoms with van der Waals surface area (Å²) in [6.45, 7) is 2.79. The molecule has 4 aromatic rings. The minimum atomic E-state index is -4.65. The van der Waals surface area contributed by atoms with Gasteiger partial charge in [-0.05, 0) is 49.2 Å². The summed E-state index contributed by atoms with van der Waals surface area (Å²) in [5.74, 6) is -0.697. The predicted octanol–water partition coefficient (Wildman–Crippen LogP) is 5.39. The number of benzene rings is 2. The Kier molecular flexibility index (Phi) is 6.49. The SMILES string of the molecule is COc1cc(C)c(-c2nc3ccc(F)cn3c2Nc2c(C)cccc2C(F)(F)F)c(OCC(N)=O)c1. The smallest absolute Gasteiger partial charge is 0.418 e. The van der Waals surface area contributed by atoms with E-state index in [0.29, 0.717) is 22.4 Å². The number of carbonyl (C=O) groups excluding carboxylic acids is 1. The number of rotatable bonds is 7. The van der Waals surface area contributed by atoms with Gasteiger partial charge in [0.1, 0.15) is 34.5 Å². The molecule has 2 aromatic carbocycles. The minimum Gasteiger partial charge on any atom is -0.497 e. The lowest BCUT2D eigenvalue weighted by Crippen LogP contribution is -2.20. The number of halogens is 4. The molecular weight excluding hydrogens is 480 g/mol. The van der Waals surface area contributed by atoms with E-state index >= 15 is 0 Å². The van der Waals surface area contributed by atoms with Crippen molar-refractivity contribution in [1.29, 1.82) is 0 Å². The third-order valence-electron chi connectivity index (χ3n) is 5.52. The molecular formula is C25H22F4N4O3. The highest BCUT2D eigenvalue weighted by Gasteiger charge is 2.35. The van der Waals surface area contributed by atoms with E-state index in [-0.39, 0.29) is 28.6 Å². The lowest BCUT2D eigenvalue weighted by atomic mass is 10.0. The fourth-order valence-electron chi connectivity index (χ4n) is 3.91. The van der Waals surface area contributed by atoms with Crippen LogP contribution in [0.4, 0.5) is 29.1 Å². The Morgan fingerprint density at radius 3 is 2.56 bits per heavy atom. The normalized spacial score (nSPS) is 11.5. The number of anilines is 2. The first-order chi connectivity index (χ1) is 17.0. The van der Waals surface area contributed by atoms with Crippen molar-refractivity contribution in [3.63, 3.8) is 0 Å². The first-order valence-corrected chi connectivity index (χ1v) is 10.7. The topological polar surface area (TPSA) is 90.9 Å². The monoisotopic (exact) mass is 502 g/mol. The van der Waals surface area contributed by atoms with Crippen LogP contribution in [0.1, 0.15) is 16.7 Å². The number of nitrogens with two attached hydrogens (primary N) is 1. The van der Waals surface area contributed by atoms with Gasteiger partial charge in [-0.2, -0.15) is 13.2 Å². The lowest BCUT2D eigenvalue weighted by molar-refractivity contribution is -0.137. The molecule has 11 heteroatoms. The summed E-state index contributed by atoms with van der Waals surface area (Å²) < 4.78 is 68.0. The fourth-order valence-corrected chi connectivity index (χ4v) is 3.91. The third-order valence-corrected chi connectivity index (χ3v) is 5.52. The molecule has 36 heavy (non-hydrogen) atoms. The van der Waals surface area contributed by atoms with Crippen LogP contribution in [-0.4, -0.2) is 29.0 Å². The maximum absolute atomic E-state index is 14.2. The second-order valence-corrected chi connectivity index (χ2v) is 8.08. The van der Waals surface area contributed by atoms with Gasteiger partial charge >= 0.3 is 6.18 Å². The van der Waals surface area contributed by atoms with Crippen molar-refractivity contribution < 1.29 is 31.8 Å². The van der Waals surface area contributed by atoms with Gasteiger partial charge in [-0.15, -0.1) is 0 Å². The highest BCUT2D eigenvalue weighted by Crippen LogP contribution is 2.43. The summed E-state index contributed by atoms with van der Waals surface area (Å²) >= 11 is 0. The maximum atomic E-state index is 14.2. The standard InChI is InChI=1S/C25H22F4N4O3/c1-13-5-4-6-17(25(27,28)29)22(13)32-24-23(31-20-8-7-15(26)11-33(20)24)21-14(2)9-16(35-3)10-18(21)36-12-19(30)34/h4-11,32H,12H2,1-3H3,(H2,30,34). The number of carbonyl (C=O) groups is 1. The first kappa shape index (κ1) is 24.8. The number of aryl methyl sites for hydroxylation is 2. The summed E-state index contributed by atoms with van der Waals surface area (Å²) in [5.41, 5.74) is 5.87. The van der Waals surface area contributed by atoms with Gasteiger partial charge in [0.2, 0.25) is 0 Å². The van der Waals surface area contributed by atoms with E-state index in [2.05, 4.69) is 10.3 Å². The molecule has 1 amide bonds. The van der Waals surface area contributed by atoms with Crippen LogP contribution in [0.3, 0.4) is 0 Å². The van der Waals surface area contributed by atoms with Gasteiger partial charge in [-0.25, -0.2) is 9.37 Å². The molecule has 2 aromatic heterocycles. The van der Waals surface area contributed by atoms with E-state index < -0.39 is 30.1 Å². The average Bonchev–Trinajstić information content (AvgIpc) is 3.14. The highest BCUT2D eigenvalue weighted by atomic mass is 19.4. The molecule has 0 atom stereocenters. The van der Waals surface area contributed by atoms with Crippen LogP contribution in [0.2, 0.25) is 0 Å². The number of nitrogens with zero attached hydrogens (tertiary/aromatic N) is 2. The van der Waals surface area contributed by atoms with E-state index in [9.17, 15) is 22.4 Å². The van der Waals surface area contributed by atoms with Crippen molar-refractivity contribution in [2.75, 3.05) is 19.0 Å². The first-order valence-electron chi connectivity index (χ1n) is 10.7. The van der Waals surface area contributed by atoms with E-state index in [4.69, 9.17) is 15.2 Å². The van der Waals surface area contributed by atoms with Crippen LogP contribution in [0.25, 0.3) is 16.9 Å². The maximum Gasteiger partial charge on any atom is 0.418 e. The third kappa shape index (κ3) is 4.77.